The van der Waals surface area contributed by atoms with Crippen LogP contribution in [0.5, 0.6) is 5.75 Å². The molecule has 0 spiro atoms. The number of rotatable bonds is 3. The van der Waals surface area contributed by atoms with E-state index in [9.17, 15) is 9.90 Å². The molecule has 4 nitrogen and oxygen atoms in total. The van der Waals surface area contributed by atoms with E-state index in [1.54, 1.807) is 21.0 Å². The molecule has 1 aromatic heterocycles. The first-order chi connectivity index (χ1) is 8.86. The summed E-state index contributed by atoms with van der Waals surface area (Å²) in [5, 5.41) is 10.3. The molecule has 1 aromatic carbocycles. The molecule has 0 radical (unpaired) electrons. The summed E-state index contributed by atoms with van der Waals surface area (Å²) < 4.78 is 5.19. The minimum absolute atomic E-state index is 0.565. The third-order valence-corrected chi connectivity index (χ3v) is 3.40. The van der Waals surface area contributed by atoms with Crippen LogP contribution in [0.2, 0.25) is 0 Å². The van der Waals surface area contributed by atoms with Crippen molar-refractivity contribution in [2.45, 2.75) is 26.2 Å². The Balaban J connectivity index is 2.66. The van der Waals surface area contributed by atoms with Crippen LogP contribution in [0.25, 0.3) is 10.9 Å². The highest BCUT2D eigenvalue weighted by atomic mass is 16.5. The predicted octanol–water partition coefficient (Wildman–Crippen LogP) is 2.91. The normalized spacial score (nSPS) is 11.6. The number of aliphatic carboxylic acids is 1. The summed E-state index contributed by atoms with van der Waals surface area (Å²) in [4.78, 5) is 15.8. The monoisotopic (exact) mass is 259 g/mol. The topological polar surface area (TPSA) is 59.4 Å². The van der Waals surface area contributed by atoms with Gasteiger partial charge in [0, 0.05) is 5.39 Å². The zero-order valence-electron chi connectivity index (χ0n) is 11.5. The van der Waals surface area contributed by atoms with Crippen LogP contribution in [0, 0.1) is 6.92 Å². The maximum Gasteiger partial charge on any atom is 0.315 e. The van der Waals surface area contributed by atoms with Crippen LogP contribution >= 0.6 is 0 Å². The van der Waals surface area contributed by atoms with Gasteiger partial charge in [0.25, 0.3) is 0 Å². The molecule has 0 saturated heterocycles. The number of carboxylic acid groups (broad SMARTS) is 1. The molecule has 0 atom stereocenters. The molecule has 0 bridgehead atoms. The van der Waals surface area contributed by atoms with Gasteiger partial charge in [0.2, 0.25) is 0 Å². The number of nitrogens with zero attached hydrogens (tertiary/aromatic N) is 1. The van der Waals surface area contributed by atoms with Crippen molar-refractivity contribution in [3.63, 3.8) is 0 Å². The Morgan fingerprint density at radius 1 is 1.32 bits per heavy atom. The molecule has 0 aliphatic heterocycles. The number of benzene rings is 1. The van der Waals surface area contributed by atoms with Crippen molar-refractivity contribution in [3.8, 4) is 5.75 Å². The summed E-state index contributed by atoms with van der Waals surface area (Å²) in [6.07, 6.45) is 0. The second-order valence-electron chi connectivity index (χ2n) is 5.14. The number of fused-ring (bicyclic) bond motifs is 1. The van der Waals surface area contributed by atoms with E-state index in [1.807, 2.05) is 31.2 Å². The van der Waals surface area contributed by atoms with E-state index in [2.05, 4.69) is 4.98 Å². The largest absolute Gasteiger partial charge is 0.497 e. The van der Waals surface area contributed by atoms with Crippen molar-refractivity contribution < 1.29 is 14.6 Å². The van der Waals surface area contributed by atoms with Crippen LogP contribution in [0.1, 0.15) is 25.1 Å². The van der Waals surface area contributed by atoms with Crippen LogP contribution in [0.4, 0.5) is 0 Å². The smallest absolute Gasteiger partial charge is 0.315 e. The minimum atomic E-state index is -1.00. The van der Waals surface area contributed by atoms with Gasteiger partial charge in [-0.05, 0) is 50.6 Å². The number of carboxylic acids is 1. The van der Waals surface area contributed by atoms with Crippen molar-refractivity contribution >= 4 is 16.9 Å². The van der Waals surface area contributed by atoms with Gasteiger partial charge in [0.05, 0.1) is 18.3 Å². The molecule has 0 aliphatic carbocycles. The Kier molecular flexibility index (Phi) is 3.18. The third kappa shape index (κ3) is 2.26. The summed E-state index contributed by atoms with van der Waals surface area (Å²) in [5.74, 6) is -0.116. The summed E-state index contributed by atoms with van der Waals surface area (Å²) >= 11 is 0. The molecular weight excluding hydrogens is 242 g/mol. The Morgan fingerprint density at radius 2 is 2.00 bits per heavy atom. The predicted molar refractivity (Wildman–Crippen MR) is 73.7 cm³/mol. The number of methoxy groups -OCH3 is 1. The van der Waals surface area contributed by atoms with Crippen molar-refractivity contribution in [3.05, 3.63) is 35.5 Å². The summed E-state index contributed by atoms with van der Waals surface area (Å²) in [5.41, 5.74) is 1.34. The molecular formula is C15H17NO3. The molecule has 1 heterocycles. The van der Waals surface area contributed by atoms with Gasteiger partial charge >= 0.3 is 5.97 Å². The van der Waals surface area contributed by atoms with Crippen LogP contribution < -0.4 is 4.74 Å². The zero-order valence-corrected chi connectivity index (χ0v) is 11.5. The van der Waals surface area contributed by atoms with Crippen LogP contribution in [0.3, 0.4) is 0 Å². The van der Waals surface area contributed by atoms with Gasteiger partial charge in [0.15, 0.2) is 0 Å². The van der Waals surface area contributed by atoms with Crippen LogP contribution in [0.15, 0.2) is 24.3 Å². The number of hydrogen-bond donors (Lipinski definition) is 1. The average Bonchev–Trinajstić information content (AvgIpc) is 2.38. The van der Waals surface area contributed by atoms with Gasteiger partial charge in [-0.3, -0.25) is 9.78 Å². The van der Waals surface area contributed by atoms with E-state index in [0.29, 0.717) is 5.69 Å². The molecule has 0 unspecified atom stereocenters. The number of carbonyl (C=O) groups is 1. The first-order valence-electron chi connectivity index (χ1n) is 6.05. The first kappa shape index (κ1) is 13.3. The molecule has 100 valence electrons. The fourth-order valence-electron chi connectivity index (χ4n) is 1.93. The van der Waals surface area contributed by atoms with Crippen molar-refractivity contribution in [2.24, 2.45) is 0 Å². The minimum Gasteiger partial charge on any atom is -0.497 e. The zero-order chi connectivity index (χ0) is 14.2. The van der Waals surface area contributed by atoms with Gasteiger partial charge in [0.1, 0.15) is 11.2 Å². The average molecular weight is 259 g/mol. The van der Waals surface area contributed by atoms with Crippen LogP contribution in [-0.4, -0.2) is 23.2 Å². The standard InChI is InChI=1S/C15H17NO3/c1-9-7-13(15(2,3)14(17)18)16-12-6-5-10(19-4)8-11(9)12/h5-8H,1-4H3,(H,17,18). The Hall–Kier alpha value is -2.10. The van der Waals surface area contributed by atoms with Gasteiger partial charge < -0.3 is 9.84 Å². The fourth-order valence-corrected chi connectivity index (χ4v) is 1.93. The molecule has 1 N–H and O–H groups in total. The SMILES string of the molecule is COc1ccc2nc(C(C)(C)C(=O)O)cc(C)c2c1. The van der Waals surface area contributed by atoms with E-state index in [0.717, 1.165) is 22.2 Å². The van der Waals surface area contributed by atoms with E-state index in [1.165, 1.54) is 0 Å². The van der Waals surface area contributed by atoms with Gasteiger partial charge in [-0.2, -0.15) is 0 Å². The second kappa shape index (κ2) is 4.53. The molecule has 2 rings (SSSR count). The van der Waals surface area contributed by atoms with Gasteiger partial charge in [-0.25, -0.2) is 0 Å². The quantitative estimate of drug-likeness (QED) is 0.920. The Morgan fingerprint density at radius 3 is 2.58 bits per heavy atom. The van der Waals surface area contributed by atoms with Crippen molar-refractivity contribution in [1.29, 1.82) is 0 Å². The van der Waals surface area contributed by atoms with Crippen molar-refractivity contribution in [2.75, 3.05) is 7.11 Å². The lowest BCUT2D eigenvalue weighted by atomic mass is 9.87. The Labute approximate surface area is 112 Å². The molecule has 4 heteroatoms. The maximum absolute atomic E-state index is 11.3. The van der Waals surface area contributed by atoms with Gasteiger partial charge in [-0.1, -0.05) is 0 Å². The lowest BCUT2D eigenvalue weighted by Crippen LogP contribution is -2.29. The third-order valence-electron chi connectivity index (χ3n) is 3.40. The van der Waals surface area contributed by atoms with E-state index in [-0.39, 0.29) is 0 Å². The summed E-state index contributed by atoms with van der Waals surface area (Å²) in [6.45, 7) is 5.27. The summed E-state index contributed by atoms with van der Waals surface area (Å²) in [6, 6.07) is 7.42. The Bertz CT molecular complexity index is 647. The summed E-state index contributed by atoms with van der Waals surface area (Å²) in [7, 11) is 1.62. The van der Waals surface area contributed by atoms with Gasteiger partial charge in [-0.15, -0.1) is 0 Å². The molecule has 0 amide bonds. The first-order valence-corrected chi connectivity index (χ1v) is 6.05. The number of hydrogen-bond acceptors (Lipinski definition) is 3. The number of aromatic nitrogens is 1. The van der Waals surface area contributed by atoms with E-state index < -0.39 is 11.4 Å². The number of ether oxygens (including phenoxy) is 1. The molecule has 19 heavy (non-hydrogen) atoms. The molecule has 2 aromatic rings. The number of aryl methyl sites for hydroxylation is 1. The lowest BCUT2D eigenvalue weighted by Gasteiger charge is -2.20. The highest BCUT2D eigenvalue weighted by Crippen LogP contribution is 2.28. The van der Waals surface area contributed by atoms with E-state index in [4.69, 9.17) is 4.74 Å². The molecule has 0 aliphatic rings. The number of pyridine rings is 1. The second-order valence-corrected chi connectivity index (χ2v) is 5.14. The lowest BCUT2D eigenvalue weighted by molar-refractivity contribution is -0.142. The highest BCUT2D eigenvalue weighted by Gasteiger charge is 2.31. The maximum atomic E-state index is 11.3. The van der Waals surface area contributed by atoms with Crippen molar-refractivity contribution in [1.82, 2.24) is 4.98 Å². The van der Waals surface area contributed by atoms with E-state index >= 15 is 0 Å². The highest BCUT2D eigenvalue weighted by molar-refractivity contribution is 5.86. The molecule has 0 fully saturated rings. The fraction of sp³-hybridized carbons (Fsp3) is 0.333. The van der Waals surface area contributed by atoms with Crippen LogP contribution in [-0.2, 0) is 10.2 Å². The molecule has 0 saturated carbocycles.